The van der Waals surface area contributed by atoms with Gasteiger partial charge in [-0.25, -0.2) is 0 Å². The zero-order valence-corrected chi connectivity index (χ0v) is 11.5. The summed E-state index contributed by atoms with van der Waals surface area (Å²) >= 11 is 6.24. The van der Waals surface area contributed by atoms with Gasteiger partial charge in [-0.05, 0) is 18.3 Å². The van der Waals surface area contributed by atoms with Crippen LogP contribution in [0.5, 0.6) is 0 Å². The molecule has 0 spiro atoms. The van der Waals surface area contributed by atoms with Crippen LogP contribution in [0.1, 0.15) is 51.3 Å². The molecule has 0 bridgehead atoms. The number of rotatable bonds is 1. The smallest absolute Gasteiger partial charge is 0.180 e. The molecule has 1 fully saturated rings. The van der Waals surface area contributed by atoms with Crippen LogP contribution in [0, 0.1) is 5.41 Å². The summed E-state index contributed by atoms with van der Waals surface area (Å²) in [6.07, 6.45) is 8.30. The number of fused-ring (bicyclic) bond motifs is 1. The van der Waals surface area contributed by atoms with E-state index >= 15 is 0 Å². The van der Waals surface area contributed by atoms with E-state index in [1.165, 1.54) is 19.3 Å². The standard InChI is InChI=1S/C13H17ClN4/c1-13(2)6-4-3-5-9(13)12-17-16-11-8-15-7-10(14)18(11)12/h7-9H,3-6H2,1-2H3. The van der Waals surface area contributed by atoms with Gasteiger partial charge in [0.25, 0.3) is 0 Å². The zero-order valence-electron chi connectivity index (χ0n) is 10.7. The maximum Gasteiger partial charge on any atom is 0.180 e. The number of hydrogen-bond acceptors (Lipinski definition) is 3. The lowest BCUT2D eigenvalue weighted by molar-refractivity contribution is 0.191. The van der Waals surface area contributed by atoms with Crippen molar-refractivity contribution in [1.29, 1.82) is 0 Å². The lowest BCUT2D eigenvalue weighted by Gasteiger charge is -2.37. The Kier molecular flexibility index (Phi) is 2.77. The summed E-state index contributed by atoms with van der Waals surface area (Å²) in [7, 11) is 0. The molecule has 5 heteroatoms. The van der Waals surface area contributed by atoms with Crippen LogP contribution in [0.3, 0.4) is 0 Å². The largest absolute Gasteiger partial charge is 0.266 e. The molecule has 4 nitrogen and oxygen atoms in total. The number of hydrogen-bond donors (Lipinski definition) is 0. The van der Waals surface area contributed by atoms with Gasteiger partial charge in [-0.15, -0.1) is 10.2 Å². The number of halogens is 1. The maximum atomic E-state index is 6.24. The lowest BCUT2D eigenvalue weighted by atomic mass is 9.68. The van der Waals surface area contributed by atoms with E-state index in [1.54, 1.807) is 12.4 Å². The Morgan fingerprint density at radius 3 is 2.89 bits per heavy atom. The van der Waals surface area contributed by atoms with E-state index in [1.807, 2.05) is 4.40 Å². The van der Waals surface area contributed by atoms with Crippen LogP contribution in [0.2, 0.25) is 5.15 Å². The summed E-state index contributed by atoms with van der Waals surface area (Å²) in [5.74, 6) is 1.41. The average molecular weight is 265 g/mol. The Balaban J connectivity index is 2.14. The van der Waals surface area contributed by atoms with E-state index in [2.05, 4.69) is 29.0 Å². The van der Waals surface area contributed by atoms with Gasteiger partial charge >= 0.3 is 0 Å². The van der Waals surface area contributed by atoms with Crippen LogP contribution >= 0.6 is 11.6 Å². The fourth-order valence-corrected chi connectivity index (χ4v) is 3.26. The van der Waals surface area contributed by atoms with Gasteiger partial charge in [-0.2, -0.15) is 0 Å². The highest BCUT2D eigenvalue weighted by Crippen LogP contribution is 2.46. The van der Waals surface area contributed by atoms with E-state index in [-0.39, 0.29) is 5.41 Å². The molecule has 1 aliphatic carbocycles. The second-order valence-corrected chi connectivity index (χ2v) is 6.16. The van der Waals surface area contributed by atoms with Gasteiger partial charge in [-0.1, -0.05) is 38.3 Å². The van der Waals surface area contributed by atoms with Crippen molar-refractivity contribution in [2.24, 2.45) is 5.41 Å². The molecule has 0 aliphatic heterocycles. The minimum Gasteiger partial charge on any atom is -0.266 e. The molecule has 2 heterocycles. The molecule has 1 unspecified atom stereocenters. The van der Waals surface area contributed by atoms with Gasteiger partial charge in [-0.3, -0.25) is 9.38 Å². The number of nitrogens with zero attached hydrogens (tertiary/aromatic N) is 4. The Labute approximate surface area is 111 Å². The van der Waals surface area contributed by atoms with Crippen molar-refractivity contribution in [2.45, 2.75) is 45.4 Å². The van der Waals surface area contributed by atoms with Crippen molar-refractivity contribution in [1.82, 2.24) is 19.6 Å². The molecule has 18 heavy (non-hydrogen) atoms. The minimum absolute atomic E-state index is 0.258. The van der Waals surface area contributed by atoms with Gasteiger partial charge in [0.2, 0.25) is 0 Å². The van der Waals surface area contributed by atoms with Crippen LogP contribution in [0.4, 0.5) is 0 Å². The van der Waals surface area contributed by atoms with E-state index in [4.69, 9.17) is 11.6 Å². The van der Waals surface area contributed by atoms with E-state index in [0.717, 1.165) is 17.9 Å². The highest BCUT2D eigenvalue weighted by molar-refractivity contribution is 6.29. The molecule has 1 atom stereocenters. The van der Waals surface area contributed by atoms with Gasteiger partial charge < -0.3 is 0 Å². The van der Waals surface area contributed by atoms with Crippen LogP contribution in [-0.4, -0.2) is 19.6 Å². The Morgan fingerprint density at radius 1 is 1.28 bits per heavy atom. The second kappa shape index (κ2) is 4.19. The molecule has 3 rings (SSSR count). The lowest BCUT2D eigenvalue weighted by Crippen LogP contribution is -2.27. The molecule has 96 valence electrons. The Morgan fingerprint density at radius 2 is 2.11 bits per heavy atom. The minimum atomic E-state index is 0.258. The normalized spacial score (nSPS) is 23.4. The van der Waals surface area contributed by atoms with Crippen molar-refractivity contribution < 1.29 is 0 Å². The fourth-order valence-electron chi connectivity index (χ4n) is 3.03. The topological polar surface area (TPSA) is 43.1 Å². The average Bonchev–Trinajstić information content (AvgIpc) is 2.73. The third-order valence-electron chi connectivity index (χ3n) is 4.12. The molecular formula is C13H17ClN4. The summed E-state index contributed by atoms with van der Waals surface area (Å²) in [5.41, 5.74) is 0.993. The molecule has 2 aromatic heterocycles. The van der Waals surface area contributed by atoms with Crippen molar-refractivity contribution in [3.63, 3.8) is 0 Å². The van der Waals surface area contributed by atoms with Crippen LogP contribution in [0.25, 0.3) is 5.65 Å². The monoisotopic (exact) mass is 264 g/mol. The first kappa shape index (κ1) is 11.9. The van der Waals surface area contributed by atoms with E-state index < -0.39 is 0 Å². The summed E-state index contributed by atoms with van der Waals surface area (Å²) in [6.45, 7) is 4.62. The van der Waals surface area contributed by atoms with Crippen LogP contribution < -0.4 is 0 Å². The van der Waals surface area contributed by atoms with Gasteiger partial charge in [0, 0.05) is 5.92 Å². The summed E-state index contributed by atoms with van der Waals surface area (Å²) in [5, 5.41) is 9.14. The summed E-state index contributed by atoms with van der Waals surface area (Å²) in [4.78, 5) is 4.05. The molecule has 1 aliphatic rings. The van der Waals surface area contributed by atoms with Crippen molar-refractivity contribution in [3.05, 3.63) is 23.4 Å². The molecule has 1 saturated carbocycles. The van der Waals surface area contributed by atoms with E-state index in [9.17, 15) is 0 Å². The first-order valence-corrected chi connectivity index (χ1v) is 6.82. The Hall–Kier alpha value is -1.16. The molecule has 2 aromatic rings. The molecule has 0 saturated heterocycles. The van der Waals surface area contributed by atoms with Crippen LogP contribution in [-0.2, 0) is 0 Å². The highest BCUT2D eigenvalue weighted by Gasteiger charge is 2.36. The van der Waals surface area contributed by atoms with Crippen LogP contribution in [0.15, 0.2) is 12.4 Å². The summed E-state index contributed by atoms with van der Waals surface area (Å²) < 4.78 is 1.94. The SMILES string of the molecule is CC1(C)CCCCC1c1nnc2cncc(Cl)n12. The molecular weight excluding hydrogens is 248 g/mol. The zero-order chi connectivity index (χ0) is 12.8. The second-order valence-electron chi connectivity index (χ2n) is 5.77. The van der Waals surface area contributed by atoms with Crippen molar-refractivity contribution in [2.75, 3.05) is 0 Å². The number of aromatic nitrogens is 4. The molecule has 0 aromatic carbocycles. The van der Waals surface area contributed by atoms with Gasteiger partial charge in [0.15, 0.2) is 5.65 Å². The Bertz CT molecular complexity index is 575. The first-order chi connectivity index (χ1) is 8.59. The summed E-state index contributed by atoms with van der Waals surface area (Å²) in [6, 6.07) is 0. The van der Waals surface area contributed by atoms with Crippen molar-refractivity contribution >= 4 is 17.2 Å². The van der Waals surface area contributed by atoms with Gasteiger partial charge in [0.1, 0.15) is 11.0 Å². The first-order valence-electron chi connectivity index (χ1n) is 6.44. The van der Waals surface area contributed by atoms with Gasteiger partial charge in [0.05, 0.1) is 12.4 Å². The maximum absolute atomic E-state index is 6.24. The van der Waals surface area contributed by atoms with Crippen molar-refractivity contribution in [3.8, 4) is 0 Å². The fraction of sp³-hybridized carbons (Fsp3) is 0.615. The third kappa shape index (κ3) is 1.79. The third-order valence-corrected chi connectivity index (χ3v) is 4.38. The molecule has 0 amide bonds. The molecule has 0 radical (unpaired) electrons. The predicted octanol–water partition coefficient (Wildman–Crippen LogP) is 3.46. The predicted molar refractivity (Wildman–Crippen MR) is 70.8 cm³/mol. The highest BCUT2D eigenvalue weighted by atomic mass is 35.5. The quantitative estimate of drug-likeness (QED) is 0.792. The molecule has 0 N–H and O–H groups in total. The van der Waals surface area contributed by atoms with E-state index in [0.29, 0.717) is 11.1 Å².